The van der Waals surface area contributed by atoms with Gasteiger partial charge in [0, 0.05) is 29.6 Å². The molecule has 0 fully saturated rings. The number of aromatic amines is 1. The Labute approximate surface area is 203 Å². The van der Waals surface area contributed by atoms with Crippen molar-refractivity contribution in [3.8, 4) is 0 Å². The van der Waals surface area contributed by atoms with Gasteiger partial charge in [-0.15, -0.1) is 0 Å². The van der Waals surface area contributed by atoms with E-state index in [0.29, 0.717) is 6.54 Å². The normalized spacial score (nSPS) is 12.5. The number of nitrogens with one attached hydrogen (secondary N) is 2. The van der Waals surface area contributed by atoms with Crippen LogP contribution in [0.1, 0.15) is 33.2 Å². The van der Waals surface area contributed by atoms with Crippen molar-refractivity contribution in [3.05, 3.63) is 120 Å². The van der Waals surface area contributed by atoms with Gasteiger partial charge in [-0.3, -0.25) is 4.79 Å². The first-order chi connectivity index (χ1) is 16.9. The number of furan rings is 1. The predicted octanol–water partition coefficient (Wildman–Crippen LogP) is 5.46. The molecule has 2 N–H and O–H groups in total. The summed E-state index contributed by atoms with van der Waals surface area (Å²) in [7, 11) is -3.85. The zero-order valence-electron chi connectivity index (χ0n) is 19.1. The summed E-state index contributed by atoms with van der Waals surface area (Å²) in [4.78, 5) is 16.3. The Morgan fingerprint density at radius 3 is 2.40 bits per heavy atom. The summed E-state index contributed by atoms with van der Waals surface area (Å²) in [6.07, 6.45) is 1.97. The molecule has 0 aliphatic rings. The van der Waals surface area contributed by atoms with Crippen LogP contribution in [-0.4, -0.2) is 25.9 Å². The molecule has 6 nitrogen and oxygen atoms in total. The van der Waals surface area contributed by atoms with E-state index in [1.165, 1.54) is 24.3 Å². The second kappa shape index (κ2) is 9.27. The monoisotopic (exact) mass is 484 g/mol. The number of hydrogen-bond acceptors (Lipinski definition) is 4. The molecule has 5 aromatic rings. The summed E-state index contributed by atoms with van der Waals surface area (Å²) in [5, 5.41) is 3.74. The number of fused-ring (bicyclic) bond motifs is 1. The van der Waals surface area contributed by atoms with Crippen LogP contribution in [0.15, 0.2) is 112 Å². The number of carbonyl (C=O) groups is 1. The van der Waals surface area contributed by atoms with Crippen LogP contribution in [0.3, 0.4) is 0 Å². The minimum absolute atomic E-state index is 0.0542. The third-order valence-electron chi connectivity index (χ3n) is 6.07. The second-order valence-corrected chi connectivity index (χ2v) is 10.3. The van der Waals surface area contributed by atoms with Gasteiger partial charge in [0.15, 0.2) is 5.76 Å². The Morgan fingerprint density at radius 2 is 1.63 bits per heavy atom. The van der Waals surface area contributed by atoms with Crippen LogP contribution in [-0.2, 0) is 9.84 Å². The zero-order chi connectivity index (χ0) is 24.4. The first kappa shape index (κ1) is 22.7. The number of amides is 1. The molecular formula is C28H24N2O4S. The van der Waals surface area contributed by atoms with Crippen LogP contribution in [0.2, 0.25) is 0 Å². The van der Waals surface area contributed by atoms with Crippen molar-refractivity contribution >= 4 is 26.6 Å². The van der Waals surface area contributed by atoms with Crippen molar-refractivity contribution in [2.45, 2.75) is 22.8 Å². The molecule has 1 amide bonds. The third kappa shape index (κ3) is 4.50. The summed E-state index contributed by atoms with van der Waals surface area (Å²) in [6.45, 7) is 2.19. The predicted molar refractivity (Wildman–Crippen MR) is 134 cm³/mol. The fourth-order valence-corrected chi connectivity index (χ4v) is 5.35. The maximum atomic E-state index is 12.9. The van der Waals surface area contributed by atoms with Crippen LogP contribution < -0.4 is 5.32 Å². The molecule has 0 spiro atoms. The lowest BCUT2D eigenvalue weighted by molar-refractivity contribution is 0.0919. The highest BCUT2D eigenvalue weighted by Gasteiger charge is 2.25. The summed E-state index contributed by atoms with van der Waals surface area (Å²) >= 11 is 0. The van der Waals surface area contributed by atoms with Gasteiger partial charge < -0.3 is 14.7 Å². The van der Waals surface area contributed by atoms with E-state index in [2.05, 4.69) is 10.3 Å². The highest BCUT2D eigenvalue weighted by molar-refractivity contribution is 7.91. The van der Waals surface area contributed by atoms with E-state index in [-0.39, 0.29) is 21.7 Å². The highest BCUT2D eigenvalue weighted by Crippen LogP contribution is 2.30. The number of aromatic nitrogens is 1. The molecule has 0 radical (unpaired) electrons. The lowest BCUT2D eigenvalue weighted by Crippen LogP contribution is -2.28. The van der Waals surface area contributed by atoms with Crippen LogP contribution in [0.4, 0.5) is 0 Å². The summed E-state index contributed by atoms with van der Waals surface area (Å²) in [5.41, 5.74) is 4.09. The number of benzene rings is 3. The van der Waals surface area contributed by atoms with Crippen molar-refractivity contribution in [2.75, 3.05) is 6.54 Å². The first-order valence-corrected chi connectivity index (χ1v) is 12.7. The fourth-order valence-electron chi connectivity index (χ4n) is 4.18. The maximum Gasteiger partial charge on any atom is 0.287 e. The van der Waals surface area contributed by atoms with Gasteiger partial charge in [-0.2, -0.15) is 0 Å². The minimum Gasteiger partial charge on any atom is -0.439 e. The van der Waals surface area contributed by atoms with E-state index in [9.17, 15) is 13.2 Å². The maximum absolute atomic E-state index is 12.9. The van der Waals surface area contributed by atoms with E-state index < -0.39 is 15.7 Å². The molecule has 3 aromatic carbocycles. The smallest absolute Gasteiger partial charge is 0.287 e. The van der Waals surface area contributed by atoms with E-state index in [4.69, 9.17) is 4.42 Å². The molecule has 1 unspecified atom stereocenters. The number of H-pyrrole nitrogens is 1. The second-order valence-electron chi connectivity index (χ2n) is 8.40. The van der Waals surface area contributed by atoms with Gasteiger partial charge in [-0.1, -0.05) is 66.2 Å². The summed E-state index contributed by atoms with van der Waals surface area (Å²) < 4.78 is 31.3. The molecule has 1 atom stereocenters. The Bertz CT molecular complexity index is 1580. The van der Waals surface area contributed by atoms with Crippen molar-refractivity contribution in [1.29, 1.82) is 0 Å². The number of carbonyl (C=O) groups excluding carboxylic acids is 1. The molecule has 5 rings (SSSR count). The Morgan fingerprint density at radius 1 is 0.914 bits per heavy atom. The van der Waals surface area contributed by atoms with Crippen molar-refractivity contribution < 1.29 is 17.6 Å². The summed E-state index contributed by atoms with van der Waals surface area (Å²) in [5.74, 6) is -0.639. The van der Waals surface area contributed by atoms with Gasteiger partial charge in [0.25, 0.3) is 5.91 Å². The molecule has 35 heavy (non-hydrogen) atoms. The van der Waals surface area contributed by atoms with Crippen LogP contribution >= 0.6 is 0 Å². The lowest BCUT2D eigenvalue weighted by Gasteiger charge is -2.18. The lowest BCUT2D eigenvalue weighted by atomic mass is 9.91. The molecule has 2 aromatic heterocycles. The Kier molecular flexibility index (Phi) is 6.01. The number of sulfone groups is 1. The van der Waals surface area contributed by atoms with Crippen molar-refractivity contribution in [3.63, 3.8) is 0 Å². The van der Waals surface area contributed by atoms with Gasteiger partial charge in [0.05, 0.1) is 4.90 Å². The van der Waals surface area contributed by atoms with Crippen LogP contribution in [0.5, 0.6) is 0 Å². The summed E-state index contributed by atoms with van der Waals surface area (Å²) in [6, 6.07) is 27.2. The quantitative estimate of drug-likeness (QED) is 0.321. The molecule has 0 saturated carbocycles. The van der Waals surface area contributed by atoms with E-state index >= 15 is 0 Å². The van der Waals surface area contributed by atoms with Crippen LogP contribution in [0, 0.1) is 6.92 Å². The van der Waals surface area contributed by atoms with E-state index in [0.717, 1.165) is 27.6 Å². The topological polar surface area (TPSA) is 92.2 Å². The molecule has 7 heteroatoms. The van der Waals surface area contributed by atoms with Gasteiger partial charge in [-0.05, 0) is 48.4 Å². The van der Waals surface area contributed by atoms with Gasteiger partial charge >= 0.3 is 0 Å². The van der Waals surface area contributed by atoms with Gasteiger partial charge in [-0.25, -0.2) is 8.42 Å². The number of para-hydroxylation sites is 1. The third-order valence-corrected chi connectivity index (χ3v) is 7.71. The van der Waals surface area contributed by atoms with E-state index in [1.54, 1.807) is 12.1 Å². The number of hydrogen-bond donors (Lipinski definition) is 2. The highest BCUT2D eigenvalue weighted by atomic mass is 32.2. The van der Waals surface area contributed by atoms with Crippen LogP contribution in [0.25, 0.3) is 10.9 Å². The first-order valence-electron chi connectivity index (χ1n) is 11.2. The molecule has 2 heterocycles. The van der Waals surface area contributed by atoms with Gasteiger partial charge in [0.1, 0.15) is 0 Å². The van der Waals surface area contributed by atoms with Crippen molar-refractivity contribution in [1.82, 2.24) is 10.3 Å². The molecule has 0 aliphatic carbocycles. The SMILES string of the molecule is Cc1ccc(S(=O)(=O)c2ccc(C(=O)NCC(c3ccccc3)c3c[nH]c4ccccc34)o2)cc1. The number of aryl methyl sites for hydroxylation is 1. The van der Waals surface area contributed by atoms with Crippen molar-refractivity contribution in [2.24, 2.45) is 0 Å². The Balaban J connectivity index is 1.38. The van der Waals surface area contributed by atoms with Gasteiger partial charge in [0.2, 0.25) is 14.9 Å². The minimum atomic E-state index is -3.85. The molecule has 0 saturated heterocycles. The van der Waals surface area contributed by atoms with E-state index in [1.807, 2.05) is 67.7 Å². The molecule has 0 aliphatic heterocycles. The standard InChI is InChI=1S/C28H24N2O4S/c1-19-11-13-21(14-12-19)35(32,33)27-16-15-26(34-27)28(31)30-17-23(20-7-3-2-4-8-20)24-18-29-25-10-6-5-9-22(24)25/h2-16,18,23,29H,17H2,1H3,(H,30,31). The fraction of sp³-hybridized carbons (Fsp3) is 0.107. The largest absolute Gasteiger partial charge is 0.439 e. The average molecular weight is 485 g/mol. The number of rotatable bonds is 7. The average Bonchev–Trinajstić information content (AvgIpc) is 3.54. The molecule has 176 valence electrons. The zero-order valence-corrected chi connectivity index (χ0v) is 19.9. The Hall–Kier alpha value is -4.10. The molecular weight excluding hydrogens is 460 g/mol. The molecule has 0 bridgehead atoms.